The van der Waals surface area contributed by atoms with Gasteiger partial charge in [-0.05, 0) is 62.1 Å². The molecule has 0 amide bonds. The van der Waals surface area contributed by atoms with Gasteiger partial charge in [0.25, 0.3) is 0 Å². The van der Waals surface area contributed by atoms with Crippen LogP contribution in [0.25, 0.3) is 0 Å². The lowest BCUT2D eigenvalue weighted by molar-refractivity contribution is -0.0866. The maximum atomic E-state index is 12.9. The van der Waals surface area contributed by atoms with Gasteiger partial charge >= 0.3 is 0 Å². The summed E-state index contributed by atoms with van der Waals surface area (Å²) in [7, 11) is 0. The summed E-state index contributed by atoms with van der Waals surface area (Å²) in [6.45, 7) is 0.765. The highest BCUT2D eigenvalue weighted by atomic mass is 16.5. The quantitative estimate of drug-likeness (QED) is 0.764. The lowest BCUT2D eigenvalue weighted by Crippen LogP contribution is -2.39. The van der Waals surface area contributed by atoms with E-state index < -0.39 is 0 Å². The van der Waals surface area contributed by atoms with Crippen LogP contribution in [0.1, 0.15) is 66.4 Å². The van der Waals surface area contributed by atoms with E-state index in [4.69, 9.17) is 4.74 Å². The van der Waals surface area contributed by atoms with E-state index in [2.05, 4.69) is 18.2 Å². The number of ketones is 1. The molecule has 2 fully saturated rings. The molecule has 1 saturated carbocycles. The Hall–Kier alpha value is -1.15. The number of Topliss-reactive ketones (excluding diaryl/α,β-unsaturated/α-hetero) is 1. The van der Waals surface area contributed by atoms with Crippen molar-refractivity contribution in [3.63, 3.8) is 0 Å². The SMILES string of the molecule is O=C(c1ccc2c(c1)CCC2)C1CCOC2(CCCC2)C1. The molecule has 1 heterocycles. The molecule has 1 aromatic carbocycles. The highest BCUT2D eigenvalue weighted by Crippen LogP contribution is 2.42. The third-order valence-electron chi connectivity index (χ3n) is 5.76. The molecular weight excluding hydrogens is 260 g/mol. The molecule has 2 nitrogen and oxygen atoms in total. The van der Waals surface area contributed by atoms with Crippen molar-refractivity contribution in [2.75, 3.05) is 6.61 Å². The number of benzene rings is 1. The molecule has 3 aliphatic rings. The second kappa shape index (κ2) is 5.24. The van der Waals surface area contributed by atoms with Crippen molar-refractivity contribution in [2.45, 2.75) is 63.4 Å². The zero-order valence-corrected chi connectivity index (χ0v) is 12.7. The number of ether oxygens (including phenoxy) is 1. The average Bonchev–Trinajstić information content (AvgIpc) is 3.15. The minimum atomic E-state index is 0.0370. The van der Waals surface area contributed by atoms with Gasteiger partial charge in [-0.3, -0.25) is 4.79 Å². The summed E-state index contributed by atoms with van der Waals surface area (Å²) in [6.07, 6.45) is 10.3. The zero-order valence-electron chi connectivity index (χ0n) is 12.7. The predicted molar refractivity (Wildman–Crippen MR) is 82.7 cm³/mol. The van der Waals surface area contributed by atoms with Crippen LogP contribution in [0.15, 0.2) is 18.2 Å². The van der Waals surface area contributed by atoms with E-state index in [1.807, 2.05) is 0 Å². The molecule has 2 heteroatoms. The first kappa shape index (κ1) is 13.5. The standard InChI is InChI=1S/C19H24O2/c20-18(16-7-6-14-4-3-5-15(14)12-16)17-8-11-21-19(13-17)9-1-2-10-19/h6-7,12,17H,1-5,8-11,13H2. The third kappa shape index (κ3) is 2.44. The molecule has 0 N–H and O–H groups in total. The lowest BCUT2D eigenvalue weighted by atomic mass is 9.80. The fourth-order valence-corrected chi connectivity index (χ4v) is 4.58. The fraction of sp³-hybridized carbons (Fsp3) is 0.632. The monoisotopic (exact) mass is 284 g/mol. The normalized spacial score (nSPS) is 27.0. The van der Waals surface area contributed by atoms with Crippen LogP contribution in [0.2, 0.25) is 0 Å². The molecule has 1 atom stereocenters. The van der Waals surface area contributed by atoms with Crippen LogP contribution in [0.4, 0.5) is 0 Å². The van der Waals surface area contributed by atoms with Crippen molar-refractivity contribution in [3.05, 3.63) is 34.9 Å². The van der Waals surface area contributed by atoms with Crippen molar-refractivity contribution in [1.29, 1.82) is 0 Å². The van der Waals surface area contributed by atoms with Crippen molar-refractivity contribution in [2.24, 2.45) is 5.92 Å². The van der Waals surface area contributed by atoms with Gasteiger partial charge in [0.1, 0.15) is 0 Å². The predicted octanol–water partition coefficient (Wildman–Crippen LogP) is 4.10. The number of aryl methyl sites for hydroxylation is 2. The van der Waals surface area contributed by atoms with Gasteiger partial charge in [-0.15, -0.1) is 0 Å². The molecule has 4 rings (SSSR count). The maximum Gasteiger partial charge on any atom is 0.166 e. The molecule has 21 heavy (non-hydrogen) atoms. The van der Waals surface area contributed by atoms with E-state index in [-0.39, 0.29) is 11.5 Å². The van der Waals surface area contributed by atoms with Crippen molar-refractivity contribution >= 4 is 5.78 Å². The summed E-state index contributed by atoms with van der Waals surface area (Å²) in [4.78, 5) is 12.9. The maximum absolute atomic E-state index is 12.9. The van der Waals surface area contributed by atoms with Crippen molar-refractivity contribution in [1.82, 2.24) is 0 Å². The first-order valence-electron chi connectivity index (χ1n) is 8.56. The van der Waals surface area contributed by atoms with Gasteiger partial charge in [0.2, 0.25) is 0 Å². The van der Waals surface area contributed by atoms with Crippen molar-refractivity contribution in [3.8, 4) is 0 Å². The van der Waals surface area contributed by atoms with Gasteiger partial charge in [-0.25, -0.2) is 0 Å². The Labute approximate surface area is 126 Å². The molecule has 1 saturated heterocycles. The third-order valence-corrected chi connectivity index (χ3v) is 5.76. The molecule has 2 aliphatic carbocycles. The van der Waals surface area contributed by atoms with Crippen LogP contribution >= 0.6 is 0 Å². The highest BCUT2D eigenvalue weighted by Gasteiger charge is 2.42. The summed E-state index contributed by atoms with van der Waals surface area (Å²) in [6, 6.07) is 6.41. The molecule has 0 bridgehead atoms. The van der Waals surface area contributed by atoms with Gasteiger partial charge < -0.3 is 4.74 Å². The van der Waals surface area contributed by atoms with Gasteiger partial charge in [0.05, 0.1) is 5.60 Å². The van der Waals surface area contributed by atoms with E-state index in [1.54, 1.807) is 0 Å². The first-order chi connectivity index (χ1) is 10.3. The summed E-state index contributed by atoms with van der Waals surface area (Å²) < 4.78 is 6.06. The topological polar surface area (TPSA) is 26.3 Å². The highest BCUT2D eigenvalue weighted by molar-refractivity contribution is 5.98. The van der Waals surface area contributed by atoms with Crippen LogP contribution < -0.4 is 0 Å². The van der Waals surface area contributed by atoms with Crippen LogP contribution in [0.5, 0.6) is 0 Å². The Kier molecular flexibility index (Phi) is 3.37. The molecule has 1 spiro atoms. The van der Waals surface area contributed by atoms with E-state index in [9.17, 15) is 4.79 Å². The van der Waals surface area contributed by atoms with E-state index >= 15 is 0 Å². The zero-order chi connectivity index (χ0) is 14.3. The van der Waals surface area contributed by atoms with Crippen LogP contribution in [-0.2, 0) is 17.6 Å². The Morgan fingerprint density at radius 1 is 1.10 bits per heavy atom. The Bertz CT molecular complexity index is 555. The summed E-state index contributed by atoms with van der Waals surface area (Å²) in [5.41, 5.74) is 3.83. The summed E-state index contributed by atoms with van der Waals surface area (Å²) in [5.74, 6) is 0.538. The molecule has 1 aliphatic heterocycles. The number of rotatable bonds is 2. The van der Waals surface area contributed by atoms with Gasteiger partial charge in [-0.2, -0.15) is 0 Å². The van der Waals surface area contributed by atoms with Crippen molar-refractivity contribution < 1.29 is 9.53 Å². The molecule has 0 radical (unpaired) electrons. The Morgan fingerprint density at radius 3 is 2.76 bits per heavy atom. The smallest absolute Gasteiger partial charge is 0.166 e. The fourth-order valence-electron chi connectivity index (χ4n) is 4.58. The van der Waals surface area contributed by atoms with Gasteiger partial charge in [0, 0.05) is 18.1 Å². The van der Waals surface area contributed by atoms with Crippen LogP contribution in [-0.4, -0.2) is 18.0 Å². The summed E-state index contributed by atoms with van der Waals surface area (Å²) in [5, 5.41) is 0. The van der Waals surface area contributed by atoms with E-state index in [0.29, 0.717) is 5.78 Å². The summed E-state index contributed by atoms with van der Waals surface area (Å²) >= 11 is 0. The minimum absolute atomic E-state index is 0.0370. The van der Waals surface area contributed by atoms with Crippen LogP contribution in [0.3, 0.4) is 0 Å². The van der Waals surface area contributed by atoms with E-state index in [0.717, 1.165) is 44.3 Å². The Balaban J connectivity index is 1.54. The number of hydrogen-bond donors (Lipinski definition) is 0. The molecule has 1 unspecified atom stereocenters. The second-order valence-electron chi connectivity index (χ2n) is 7.13. The second-order valence-corrected chi connectivity index (χ2v) is 7.13. The average molecular weight is 284 g/mol. The first-order valence-corrected chi connectivity index (χ1v) is 8.56. The molecule has 0 aromatic heterocycles. The number of carbonyl (C=O) groups is 1. The number of hydrogen-bond acceptors (Lipinski definition) is 2. The number of fused-ring (bicyclic) bond motifs is 1. The largest absolute Gasteiger partial charge is 0.375 e. The van der Waals surface area contributed by atoms with Crippen LogP contribution in [0, 0.1) is 5.92 Å². The molecule has 112 valence electrons. The lowest BCUT2D eigenvalue weighted by Gasteiger charge is -2.37. The van der Waals surface area contributed by atoms with Gasteiger partial charge in [0.15, 0.2) is 5.78 Å². The van der Waals surface area contributed by atoms with Gasteiger partial charge in [-0.1, -0.05) is 25.0 Å². The molecule has 1 aromatic rings. The molecular formula is C19H24O2. The van der Waals surface area contributed by atoms with E-state index in [1.165, 1.54) is 36.8 Å². The minimum Gasteiger partial charge on any atom is -0.375 e. The number of carbonyl (C=O) groups excluding carboxylic acids is 1. The Morgan fingerprint density at radius 2 is 1.90 bits per heavy atom.